The Labute approximate surface area is 115 Å². The first-order chi connectivity index (χ1) is 9.41. The predicted molar refractivity (Wildman–Crippen MR) is 64.4 cm³/mol. The van der Waals surface area contributed by atoms with Crippen LogP contribution in [0.3, 0.4) is 0 Å². The fourth-order valence-electron chi connectivity index (χ4n) is 2.31. The van der Waals surface area contributed by atoms with E-state index in [-0.39, 0.29) is 26.2 Å². The molecule has 4 nitrogen and oxygen atoms in total. The van der Waals surface area contributed by atoms with Crippen LogP contribution in [0, 0.1) is 0 Å². The van der Waals surface area contributed by atoms with Crippen molar-refractivity contribution in [3.05, 3.63) is 0 Å². The van der Waals surface area contributed by atoms with Crippen molar-refractivity contribution in [3.8, 4) is 0 Å². The van der Waals surface area contributed by atoms with Gasteiger partial charge in [-0.2, -0.15) is 17.6 Å². The molecule has 0 aromatic heterocycles. The Kier molecular flexibility index (Phi) is 5.22. The zero-order valence-electron chi connectivity index (χ0n) is 11.3. The first-order valence-corrected chi connectivity index (χ1v) is 6.77. The van der Waals surface area contributed by atoms with Crippen LogP contribution >= 0.6 is 0 Å². The van der Waals surface area contributed by atoms with Gasteiger partial charge >= 0.3 is 11.8 Å². The van der Waals surface area contributed by atoms with Crippen LogP contribution in [0.5, 0.6) is 0 Å². The molecule has 0 N–H and O–H groups in total. The second-order valence-electron chi connectivity index (χ2n) is 5.19. The van der Waals surface area contributed by atoms with Gasteiger partial charge in [0.25, 0.3) is 0 Å². The monoisotopic (exact) mass is 300 g/mol. The molecule has 2 rings (SSSR count). The van der Waals surface area contributed by atoms with Gasteiger partial charge in [0.15, 0.2) is 0 Å². The van der Waals surface area contributed by atoms with Crippen molar-refractivity contribution in [3.63, 3.8) is 0 Å². The molecule has 0 radical (unpaired) electrons. The van der Waals surface area contributed by atoms with E-state index in [4.69, 9.17) is 9.47 Å². The van der Waals surface area contributed by atoms with E-state index in [1.807, 2.05) is 0 Å². The smallest absolute Gasteiger partial charge is 0.323 e. The molecule has 0 saturated carbocycles. The summed E-state index contributed by atoms with van der Waals surface area (Å²) in [5, 5.41) is 0. The largest absolute Gasteiger partial charge is 0.379 e. The van der Waals surface area contributed by atoms with Gasteiger partial charge in [0.2, 0.25) is 0 Å². The van der Waals surface area contributed by atoms with Crippen LogP contribution in [-0.2, 0) is 9.47 Å². The Balaban J connectivity index is 1.90. The maximum absolute atomic E-state index is 13.9. The summed E-state index contributed by atoms with van der Waals surface area (Å²) in [6.45, 7) is 0.465. The van der Waals surface area contributed by atoms with E-state index >= 15 is 0 Å². The van der Waals surface area contributed by atoms with Gasteiger partial charge in [0.1, 0.15) is 0 Å². The molecule has 2 heterocycles. The zero-order valence-corrected chi connectivity index (χ0v) is 11.3. The summed E-state index contributed by atoms with van der Waals surface area (Å²) in [6.07, 6.45) is 0. The van der Waals surface area contributed by atoms with E-state index in [9.17, 15) is 17.6 Å². The first-order valence-electron chi connectivity index (χ1n) is 6.77. The van der Waals surface area contributed by atoms with Crippen molar-refractivity contribution in [1.82, 2.24) is 9.80 Å². The summed E-state index contributed by atoms with van der Waals surface area (Å²) < 4.78 is 65.5. The highest BCUT2D eigenvalue weighted by atomic mass is 19.3. The Morgan fingerprint density at radius 2 is 0.950 bits per heavy atom. The Morgan fingerprint density at radius 3 is 1.25 bits per heavy atom. The minimum atomic E-state index is -4.04. The average molecular weight is 300 g/mol. The van der Waals surface area contributed by atoms with E-state index < -0.39 is 24.9 Å². The maximum Gasteiger partial charge on any atom is 0.323 e. The number of halogens is 4. The predicted octanol–water partition coefficient (Wildman–Crippen LogP) is 0.921. The Bertz CT molecular complexity index is 276. The lowest BCUT2D eigenvalue weighted by Gasteiger charge is -2.36. The van der Waals surface area contributed by atoms with Gasteiger partial charge in [-0.3, -0.25) is 9.80 Å². The normalized spacial score (nSPS) is 24.0. The highest BCUT2D eigenvalue weighted by Crippen LogP contribution is 2.36. The van der Waals surface area contributed by atoms with Crippen LogP contribution < -0.4 is 0 Å². The van der Waals surface area contributed by atoms with Gasteiger partial charge in [-0.05, 0) is 0 Å². The number of ether oxygens (including phenoxy) is 2. The second kappa shape index (κ2) is 6.55. The third-order valence-corrected chi connectivity index (χ3v) is 3.59. The summed E-state index contributed by atoms with van der Waals surface area (Å²) in [5.41, 5.74) is 0. The number of rotatable bonds is 5. The van der Waals surface area contributed by atoms with Gasteiger partial charge in [0, 0.05) is 26.2 Å². The first kappa shape index (κ1) is 15.9. The highest BCUT2D eigenvalue weighted by Gasteiger charge is 2.57. The molecule has 0 atom stereocenters. The Hall–Kier alpha value is -0.440. The maximum atomic E-state index is 13.9. The molecule has 2 saturated heterocycles. The minimum Gasteiger partial charge on any atom is -0.379 e. The third kappa shape index (κ3) is 4.03. The van der Waals surface area contributed by atoms with Crippen molar-refractivity contribution in [2.45, 2.75) is 11.8 Å². The van der Waals surface area contributed by atoms with Gasteiger partial charge < -0.3 is 9.47 Å². The van der Waals surface area contributed by atoms with E-state index in [0.717, 1.165) is 0 Å². The van der Waals surface area contributed by atoms with Crippen molar-refractivity contribution >= 4 is 0 Å². The van der Waals surface area contributed by atoms with Gasteiger partial charge in [-0.1, -0.05) is 0 Å². The molecule has 2 aliphatic heterocycles. The van der Waals surface area contributed by atoms with Crippen LogP contribution in [0.15, 0.2) is 0 Å². The summed E-state index contributed by atoms with van der Waals surface area (Å²) in [5.74, 6) is -8.08. The number of nitrogens with zero attached hydrogens (tertiary/aromatic N) is 2. The lowest BCUT2D eigenvalue weighted by atomic mass is 10.1. The summed E-state index contributed by atoms with van der Waals surface area (Å²) in [6, 6.07) is 0. The van der Waals surface area contributed by atoms with E-state index in [0.29, 0.717) is 26.4 Å². The number of morpholine rings is 2. The summed E-state index contributed by atoms with van der Waals surface area (Å²) in [7, 11) is 0. The molecule has 2 fully saturated rings. The molecule has 0 unspecified atom stereocenters. The molecular weight excluding hydrogens is 280 g/mol. The number of hydrogen-bond acceptors (Lipinski definition) is 4. The lowest BCUT2D eigenvalue weighted by Crippen LogP contribution is -2.57. The molecule has 0 bridgehead atoms. The van der Waals surface area contributed by atoms with Crippen molar-refractivity contribution in [2.24, 2.45) is 0 Å². The third-order valence-electron chi connectivity index (χ3n) is 3.59. The summed E-state index contributed by atoms with van der Waals surface area (Å²) >= 11 is 0. The van der Waals surface area contributed by atoms with Gasteiger partial charge in [-0.25, -0.2) is 0 Å². The SMILES string of the molecule is FC(F)(CN1CCOCC1)C(F)(F)CN1CCOCC1. The van der Waals surface area contributed by atoms with E-state index in [1.54, 1.807) is 0 Å². The fourth-order valence-corrected chi connectivity index (χ4v) is 2.31. The lowest BCUT2D eigenvalue weighted by molar-refractivity contribution is -0.228. The van der Waals surface area contributed by atoms with Crippen LogP contribution in [0.1, 0.15) is 0 Å². The van der Waals surface area contributed by atoms with Crippen LogP contribution in [-0.4, -0.2) is 87.3 Å². The second-order valence-corrected chi connectivity index (χ2v) is 5.19. The summed E-state index contributed by atoms with van der Waals surface area (Å²) in [4.78, 5) is 2.66. The number of alkyl halides is 4. The van der Waals surface area contributed by atoms with E-state index in [2.05, 4.69) is 0 Å². The minimum absolute atomic E-state index is 0.267. The van der Waals surface area contributed by atoms with Gasteiger partial charge in [-0.15, -0.1) is 0 Å². The highest BCUT2D eigenvalue weighted by molar-refractivity contribution is 4.91. The van der Waals surface area contributed by atoms with Crippen molar-refractivity contribution in [2.75, 3.05) is 65.7 Å². The van der Waals surface area contributed by atoms with E-state index in [1.165, 1.54) is 9.80 Å². The molecule has 2 aliphatic rings. The molecule has 0 aliphatic carbocycles. The molecular formula is C12H20F4N2O2. The molecule has 0 spiro atoms. The molecule has 20 heavy (non-hydrogen) atoms. The molecule has 0 amide bonds. The quantitative estimate of drug-likeness (QED) is 0.705. The van der Waals surface area contributed by atoms with Crippen molar-refractivity contribution < 1.29 is 27.0 Å². The van der Waals surface area contributed by atoms with Crippen molar-refractivity contribution in [1.29, 1.82) is 0 Å². The van der Waals surface area contributed by atoms with Crippen LogP contribution in [0.4, 0.5) is 17.6 Å². The topological polar surface area (TPSA) is 24.9 Å². The van der Waals surface area contributed by atoms with Crippen LogP contribution in [0.25, 0.3) is 0 Å². The molecule has 0 aromatic carbocycles. The Morgan fingerprint density at radius 1 is 0.650 bits per heavy atom. The van der Waals surface area contributed by atoms with Crippen LogP contribution in [0.2, 0.25) is 0 Å². The number of hydrogen-bond donors (Lipinski definition) is 0. The fraction of sp³-hybridized carbons (Fsp3) is 1.00. The standard InChI is InChI=1S/C12H20F4N2O2/c13-11(14,9-17-1-5-19-6-2-17)12(15,16)10-18-3-7-20-8-4-18/h1-10H2. The van der Waals surface area contributed by atoms with Gasteiger partial charge in [0.05, 0.1) is 39.5 Å². The molecule has 8 heteroatoms. The molecule has 0 aromatic rings. The average Bonchev–Trinajstić information content (AvgIpc) is 2.40. The zero-order chi connectivity index (χ0) is 14.6. The molecule has 118 valence electrons.